The van der Waals surface area contributed by atoms with E-state index in [1.165, 1.54) is 30.6 Å². The van der Waals surface area contributed by atoms with Gasteiger partial charge in [0.1, 0.15) is 5.82 Å². The second-order valence-corrected chi connectivity index (χ2v) is 9.41. The second kappa shape index (κ2) is 11.3. The number of aromatic amines is 2. The number of likely N-dealkylation sites (N-methyl/N-ethyl adjacent to an activating group) is 1. The van der Waals surface area contributed by atoms with E-state index in [-0.39, 0.29) is 29.2 Å². The summed E-state index contributed by atoms with van der Waals surface area (Å²) in [5.41, 5.74) is 0.832. The van der Waals surface area contributed by atoms with Gasteiger partial charge in [0.15, 0.2) is 5.65 Å². The van der Waals surface area contributed by atoms with Gasteiger partial charge in [0.05, 0.1) is 11.1 Å². The molecule has 40 heavy (non-hydrogen) atoms. The van der Waals surface area contributed by atoms with Gasteiger partial charge in [-0.3, -0.25) is 14.7 Å². The number of aromatic nitrogens is 4. The molecular formula is C28H26F3N7O2. The Bertz CT molecular complexity index is 1660. The zero-order chi connectivity index (χ0) is 28.3. The first-order valence-corrected chi connectivity index (χ1v) is 12.7. The fourth-order valence-corrected chi connectivity index (χ4v) is 4.52. The van der Waals surface area contributed by atoms with Crippen LogP contribution in [-0.4, -0.2) is 68.4 Å². The molecule has 1 fully saturated rings. The van der Waals surface area contributed by atoms with Crippen LogP contribution in [0.5, 0.6) is 0 Å². The van der Waals surface area contributed by atoms with Crippen LogP contribution in [0.25, 0.3) is 11.2 Å². The molecular weight excluding hydrogens is 523 g/mol. The number of hydrogen-bond donors (Lipinski definition) is 3. The van der Waals surface area contributed by atoms with E-state index in [1.807, 2.05) is 4.90 Å². The van der Waals surface area contributed by atoms with Gasteiger partial charge in [-0.2, -0.15) is 13.2 Å². The number of nitrogens with zero attached hydrogens (tertiary/aromatic N) is 4. The summed E-state index contributed by atoms with van der Waals surface area (Å²) in [6.07, 6.45) is -1.65. The number of amides is 1. The number of alkyl halides is 3. The fourth-order valence-electron chi connectivity index (χ4n) is 4.52. The van der Waals surface area contributed by atoms with E-state index in [0.29, 0.717) is 35.4 Å². The first-order chi connectivity index (χ1) is 19.2. The molecule has 3 N–H and O–H groups in total. The minimum absolute atomic E-state index is 0.120. The summed E-state index contributed by atoms with van der Waals surface area (Å²) in [5, 5.41) is 2.56. The predicted octanol–water partition coefficient (Wildman–Crippen LogP) is 3.45. The number of fused-ring (bicyclic) bond motifs is 1. The third-order valence-corrected chi connectivity index (χ3v) is 6.70. The van der Waals surface area contributed by atoms with Crippen molar-refractivity contribution in [2.45, 2.75) is 19.6 Å². The lowest BCUT2D eigenvalue weighted by Crippen LogP contribution is -2.45. The van der Waals surface area contributed by atoms with Gasteiger partial charge in [0.2, 0.25) is 0 Å². The number of carbonyl (C=O) groups is 1. The number of nitrogens with one attached hydrogen (secondary N) is 3. The number of anilines is 1. The van der Waals surface area contributed by atoms with Crippen molar-refractivity contribution in [1.29, 1.82) is 0 Å². The van der Waals surface area contributed by atoms with Crippen LogP contribution < -0.4 is 11.0 Å². The van der Waals surface area contributed by atoms with Crippen molar-refractivity contribution in [1.82, 2.24) is 29.7 Å². The Morgan fingerprint density at radius 2 is 1.75 bits per heavy atom. The Morgan fingerprint density at radius 1 is 1.00 bits per heavy atom. The zero-order valence-electron chi connectivity index (χ0n) is 21.6. The lowest BCUT2D eigenvalue weighted by molar-refractivity contribution is -0.138. The molecule has 1 aliphatic rings. The largest absolute Gasteiger partial charge is 0.416 e. The van der Waals surface area contributed by atoms with Gasteiger partial charge < -0.3 is 15.2 Å². The molecule has 12 heteroatoms. The van der Waals surface area contributed by atoms with E-state index in [2.05, 4.69) is 48.9 Å². The van der Waals surface area contributed by atoms with Gasteiger partial charge in [-0.05, 0) is 42.4 Å². The quantitative estimate of drug-likeness (QED) is 0.329. The summed E-state index contributed by atoms with van der Waals surface area (Å²) in [4.78, 5) is 41.9. The average Bonchev–Trinajstić information content (AvgIpc) is 3.31. The molecule has 4 aromatic rings. The maximum absolute atomic E-state index is 13.9. The van der Waals surface area contributed by atoms with Gasteiger partial charge in [0, 0.05) is 61.8 Å². The van der Waals surface area contributed by atoms with Crippen LogP contribution in [0.3, 0.4) is 0 Å². The van der Waals surface area contributed by atoms with Crippen molar-refractivity contribution in [2.75, 3.05) is 38.0 Å². The summed E-state index contributed by atoms with van der Waals surface area (Å²) >= 11 is 0. The molecule has 0 bridgehead atoms. The number of carbonyl (C=O) groups excluding carboxylic acids is 1. The number of piperazine rings is 1. The van der Waals surface area contributed by atoms with Crippen LogP contribution in [0, 0.1) is 11.8 Å². The van der Waals surface area contributed by atoms with E-state index < -0.39 is 17.6 Å². The van der Waals surface area contributed by atoms with Crippen LogP contribution >= 0.6 is 0 Å². The maximum Gasteiger partial charge on any atom is 0.416 e. The van der Waals surface area contributed by atoms with Gasteiger partial charge in [-0.15, -0.1) is 0 Å². The average molecular weight is 550 g/mol. The highest BCUT2D eigenvalue weighted by Gasteiger charge is 2.34. The van der Waals surface area contributed by atoms with E-state index >= 15 is 0 Å². The molecule has 1 aromatic carbocycles. The molecule has 0 unspecified atom stereocenters. The van der Waals surface area contributed by atoms with E-state index in [4.69, 9.17) is 0 Å². The topological polar surface area (TPSA) is 110 Å². The number of benzene rings is 1. The molecule has 1 aliphatic heterocycles. The van der Waals surface area contributed by atoms with Crippen molar-refractivity contribution in [2.24, 2.45) is 0 Å². The van der Waals surface area contributed by atoms with Crippen LogP contribution in [-0.2, 0) is 12.7 Å². The summed E-state index contributed by atoms with van der Waals surface area (Å²) in [5.74, 6) is 5.29. The molecule has 0 radical (unpaired) electrons. The number of rotatable bonds is 5. The third-order valence-electron chi connectivity index (χ3n) is 6.70. The molecule has 9 nitrogen and oxygen atoms in total. The molecule has 0 aliphatic carbocycles. The first-order valence-electron chi connectivity index (χ1n) is 12.7. The van der Waals surface area contributed by atoms with E-state index in [0.717, 1.165) is 25.7 Å². The predicted molar refractivity (Wildman–Crippen MR) is 144 cm³/mol. The van der Waals surface area contributed by atoms with Crippen LogP contribution in [0.1, 0.15) is 39.5 Å². The monoisotopic (exact) mass is 549 g/mol. The van der Waals surface area contributed by atoms with Crippen molar-refractivity contribution >= 4 is 22.9 Å². The fraction of sp³-hybridized carbons (Fsp3) is 0.286. The van der Waals surface area contributed by atoms with Crippen LogP contribution in [0.15, 0.2) is 53.6 Å². The standard InChI is InChI=1S/C28H26F3N7O2/c1-2-37-9-11-38(12-10-37)17-21-6-5-20(15-22(21)28(29,30)31)26(39)35-24-14-18(7-8-32-24)3-4-19-13-23-25(33-16-19)36-27(40)34-23/h5-8,13-16H,2,9-12,17H2,1H3,(H,32,35,39)(H2,33,34,36,40). The molecule has 5 rings (SSSR count). The molecule has 206 valence electrons. The van der Waals surface area contributed by atoms with Gasteiger partial charge in [0.25, 0.3) is 5.91 Å². The number of H-pyrrole nitrogens is 2. The lowest BCUT2D eigenvalue weighted by Gasteiger charge is -2.34. The highest BCUT2D eigenvalue weighted by atomic mass is 19.4. The minimum Gasteiger partial charge on any atom is -0.307 e. The van der Waals surface area contributed by atoms with E-state index in [9.17, 15) is 22.8 Å². The maximum atomic E-state index is 13.9. The molecule has 0 spiro atoms. The smallest absolute Gasteiger partial charge is 0.307 e. The number of hydrogen-bond acceptors (Lipinski definition) is 6. The number of halogens is 3. The van der Waals surface area contributed by atoms with Crippen molar-refractivity contribution in [3.63, 3.8) is 0 Å². The number of imidazole rings is 1. The molecule has 0 saturated carbocycles. The van der Waals surface area contributed by atoms with Crippen molar-refractivity contribution in [3.05, 3.63) is 87.1 Å². The third kappa shape index (κ3) is 6.39. The Labute approximate surface area is 227 Å². The van der Waals surface area contributed by atoms with Gasteiger partial charge >= 0.3 is 11.9 Å². The normalized spacial score (nSPS) is 14.6. The van der Waals surface area contributed by atoms with Crippen LogP contribution in [0.4, 0.5) is 19.0 Å². The van der Waals surface area contributed by atoms with E-state index in [1.54, 1.807) is 12.1 Å². The van der Waals surface area contributed by atoms with Crippen LogP contribution in [0.2, 0.25) is 0 Å². The Hall–Kier alpha value is -4.47. The van der Waals surface area contributed by atoms with Crippen molar-refractivity contribution < 1.29 is 18.0 Å². The van der Waals surface area contributed by atoms with Gasteiger partial charge in [-0.1, -0.05) is 24.8 Å². The molecule has 0 atom stereocenters. The summed E-state index contributed by atoms with van der Waals surface area (Å²) in [6, 6.07) is 8.49. The number of pyridine rings is 2. The Morgan fingerprint density at radius 3 is 2.50 bits per heavy atom. The summed E-state index contributed by atoms with van der Waals surface area (Å²) in [6.45, 7) is 6.15. The van der Waals surface area contributed by atoms with Gasteiger partial charge in [-0.25, -0.2) is 14.8 Å². The molecule has 4 heterocycles. The molecule has 3 aromatic heterocycles. The summed E-state index contributed by atoms with van der Waals surface area (Å²) < 4.78 is 41.8. The lowest BCUT2D eigenvalue weighted by atomic mass is 10.0. The highest BCUT2D eigenvalue weighted by Crippen LogP contribution is 2.33. The Kier molecular flexibility index (Phi) is 7.68. The Balaban J connectivity index is 1.30. The minimum atomic E-state index is -4.60. The van der Waals surface area contributed by atoms with Crippen molar-refractivity contribution in [3.8, 4) is 11.8 Å². The second-order valence-electron chi connectivity index (χ2n) is 9.41. The molecule has 1 saturated heterocycles. The highest BCUT2D eigenvalue weighted by molar-refractivity contribution is 6.04. The first kappa shape index (κ1) is 27.1. The summed E-state index contributed by atoms with van der Waals surface area (Å²) in [7, 11) is 0. The zero-order valence-corrected chi connectivity index (χ0v) is 21.6. The molecule has 1 amide bonds. The SMILES string of the molecule is CCN1CCN(Cc2ccc(C(=O)Nc3cc(C#Cc4cnc5[nH]c(=O)[nH]c5c4)ccn3)cc2C(F)(F)F)CC1.